The first-order chi connectivity index (χ1) is 6.77. The van der Waals surface area contributed by atoms with Crippen LogP contribution in [0, 0.1) is 0 Å². The molecule has 0 saturated heterocycles. The third-order valence-electron chi connectivity index (χ3n) is 2.62. The summed E-state index contributed by atoms with van der Waals surface area (Å²) in [7, 11) is 0. The first-order valence-electron chi connectivity index (χ1n) is 4.80. The Morgan fingerprint density at radius 3 is 3.07 bits per heavy atom. The number of benzene rings is 1. The number of hydrogen-bond donors (Lipinski definition) is 2. The molecule has 1 aliphatic rings. The van der Waals surface area contributed by atoms with Crippen LogP contribution in [0.3, 0.4) is 0 Å². The zero-order valence-electron chi connectivity index (χ0n) is 7.86. The zero-order valence-corrected chi connectivity index (χ0v) is 7.86. The Morgan fingerprint density at radius 2 is 2.29 bits per heavy atom. The number of carboxylic acids is 1. The maximum Gasteiger partial charge on any atom is 0.303 e. The first kappa shape index (κ1) is 9.21. The Hall–Kier alpha value is -1.35. The molecule has 1 heterocycles. The Labute approximate surface area is 82.8 Å². The van der Waals surface area contributed by atoms with Crippen LogP contribution in [0.15, 0.2) is 24.3 Å². The monoisotopic (exact) mass is 191 g/mol. The Morgan fingerprint density at radius 1 is 1.50 bits per heavy atom. The molecule has 1 aromatic rings. The lowest BCUT2D eigenvalue weighted by Gasteiger charge is -2.09. The van der Waals surface area contributed by atoms with Crippen LogP contribution in [-0.2, 0) is 11.3 Å². The van der Waals surface area contributed by atoms with Crippen molar-refractivity contribution in [3.8, 4) is 0 Å². The summed E-state index contributed by atoms with van der Waals surface area (Å²) >= 11 is 0. The summed E-state index contributed by atoms with van der Waals surface area (Å²) in [4.78, 5) is 10.4. The van der Waals surface area contributed by atoms with Crippen LogP contribution in [0.4, 0.5) is 0 Å². The maximum atomic E-state index is 10.4. The summed E-state index contributed by atoms with van der Waals surface area (Å²) in [5.74, 6) is -0.726. The second-order valence-electron chi connectivity index (χ2n) is 3.56. The molecule has 3 nitrogen and oxygen atoms in total. The minimum atomic E-state index is -0.726. The largest absolute Gasteiger partial charge is 0.481 e. The number of nitrogens with one attached hydrogen (secondary N) is 1. The van der Waals surface area contributed by atoms with Crippen molar-refractivity contribution >= 4 is 5.97 Å². The van der Waals surface area contributed by atoms with Gasteiger partial charge in [0.25, 0.3) is 0 Å². The topological polar surface area (TPSA) is 49.3 Å². The van der Waals surface area contributed by atoms with Gasteiger partial charge in [-0.1, -0.05) is 24.3 Å². The van der Waals surface area contributed by atoms with Crippen LogP contribution in [0.5, 0.6) is 0 Å². The molecule has 0 bridgehead atoms. The predicted octanol–water partition coefficient (Wildman–Crippen LogP) is 1.70. The number of rotatable bonds is 3. The highest BCUT2D eigenvalue weighted by molar-refractivity contribution is 5.66. The van der Waals surface area contributed by atoms with E-state index in [9.17, 15) is 4.79 Å². The fraction of sp³-hybridized carbons (Fsp3) is 0.364. The van der Waals surface area contributed by atoms with E-state index in [4.69, 9.17) is 5.11 Å². The molecule has 74 valence electrons. The molecular weight excluding hydrogens is 178 g/mol. The van der Waals surface area contributed by atoms with Crippen molar-refractivity contribution in [2.45, 2.75) is 25.4 Å². The van der Waals surface area contributed by atoms with Gasteiger partial charge in [0.1, 0.15) is 0 Å². The van der Waals surface area contributed by atoms with Gasteiger partial charge in [0.2, 0.25) is 0 Å². The summed E-state index contributed by atoms with van der Waals surface area (Å²) in [6.45, 7) is 0.862. The third kappa shape index (κ3) is 1.77. The average molecular weight is 191 g/mol. The quantitative estimate of drug-likeness (QED) is 0.764. The smallest absolute Gasteiger partial charge is 0.303 e. The van der Waals surface area contributed by atoms with E-state index in [1.807, 2.05) is 12.1 Å². The van der Waals surface area contributed by atoms with Crippen molar-refractivity contribution in [1.82, 2.24) is 5.32 Å². The van der Waals surface area contributed by atoms with E-state index in [0.29, 0.717) is 6.42 Å². The molecule has 3 heteroatoms. The highest BCUT2D eigenvalue weighted by atomic mass is 16.4. The molecule has 14 heavy (non-hydrogen) atoms. The lowest BCUT2D eigenvalue weighted by molar-refractivity contribution is -0.137. The van der Waals surface area contributed by atoms with Gasteiger partial charge in [0, 0.05) is 19.0 Å². The Balaban J connectivity index is 2.07. The summed E-state index contributed by atoms with van der Waals surface area (Å²) in [6, 6.07) is 8.40. The summed E-state index contributed by atoms with van der Waals surface area (Å²) < 4.78 is 0. The van der Waals surface area contributed by atoms with Crippen molar-refractivity contribution in [3.63, 3.8) is 0 Å². The van der Waals surface area contributed by atoms with Crippen LogP contribution in [0.25, 0.3) is 0 Å². The Bertz CT molecular complexity index is 349. The molecule has 0 aromatic heterocycles. The molecule has 0 aliphatic carbocycles. The highest BCUT2D eigenvalue weighted by Crippen LogP contribution is 2.28. The van der Waals surface area contributed by atoms with Crippen LogP contribution in [-0.4, -0.2) is 11.1 Å². The molecule has 1 unspecified atom stereocenters. The fourth-order valence-electron chi connectivity index (χ4n) is 1.90. The summed E-state index contributed by atoms with van der Waals surface area (Å²) in [5, 5.41) is 11.9. The number of aliphatic carboxylic acids is 1. The van der Waals surface area contributed by atoms with E-state index < -0.39 is 5.97 Å². The van der Waals surface area contributed by atoms with E-state index in [0.717, 1.165) is 6.54 Å². The summed E-state index contributed by atoms with van der Waals surface area (Å²) in [5.41, 5.74) is 2.55. The molecular formula is C11H13NO2. The van der Waals surface area contributed by atoms with Gasteiger partial charge in [-0.2, -0.15) is 0 Å². The van der Waals surface area contributed by atoms with Gasteiger partial charge in [-0.15, -0.1) is 0 Å². The molecule has 2 rings (SSSR count). The predicted molar refractivity (Wildman–Crippen MR) is 52.9 cm³/mol. The molecule has 0 fully saturated rings. The van der Waals surface area contributed by atoms with Crippen molar-refractivity contribution in [1.29, 1.82) is 0 Å². The molecule has 0 spiro atoms. The number of hydrogen-bond acceptors (Lipinski definition) is 2. The Kier molecular flexibility index (Phi) is 2.50. The van der Waals surface area contributed by atoms with Gasteiger partial charge in [-0.25, -0.2) is 0 Å². The minimum Gasteiger partial charge on any atom is -0.481 e. The second-order valence-corrected chi connectivity index (χ2v) is 3.56. The third-order valence-corrected chi connectivity index (χ3v) is 2.62. The minimum absolute atomic E-state index is 0.224. The SMILES string of the molecule is O=C(O)CCC1NCc2ccccc21. The van der Waals surface area contributed by atoms with Gasteiger partial charge in [-0.3, -0.25) is 4.79 Å². The van der Waals surface area contributed by atoms with E-state index in [2.05, 4.69) is 17.4 Å². The number of fused-ring (bicyclic) bond motifs is 1. The first-order valence-corrected chi connectivity index (χ1v) is 4.80. The van der Waals surface area contributed by atoms with Gasteiger partial charge >= 0.3 is 5.97 Å². The van der Waals surface area contributed by atoms with Crippen LogP contribution in [0.1, 0.15) is 30.0 Å². The lowest BCUT2D eigenvalue weighted by Crippen LogP contribution is -2.13. The second kappa shape index (κ2) is 3.80. The molecule has 2 N–H and O–H groups in total. The van der Waals surface area contributed by atoms with Crippen LogP contribution >= 0.6 is 0 Å². The molecule has 0 saturated carbocycles. The van der Waals surface area contributed by atoms with Gasteiger partial charge in [0.05, 0.1) is 0 Å². The van der Waals surface area contributed by atoms with Crippen LogP contribution < -0.4 is 5.32 Å². The lowest BCUT2D eigenvalue weighted by atomic mass is 10.0. The van der Waals surface area contributed by atoms with E-state index in [1.54, 1.807) is 0 Å². The summed E-state index contributed by atoms with van der Waals surface area (Å²) in [6.07, 6.45) is 0.901. The maximum absolute atomic E-state index is 10.4. The molecule has 1 aromatic carbocycles. The fourth-order valence-corrected chi connectivity index (χ4v) is 1.90. The number of carboxylic acid groups (broad SMARTS) is 1. The van der Waals surface area contributed by atoms with E-state index in [1.165, 1.54) is 11.1 Å². The van der Waals surface area contributed by atoms with Crippen LogP contribution in [0.2, 0.25) is 0 Å². The molecule has 1 atom stereocenters. The van der Waals surface area contributed by atoms with Crippen molar-refractivity contribution < 1.29 is 9.90 Å². The van der Waals surface area contributed by atoms with E-state index >= 15 is 0 Å². The van der Waals surface area contributed by atoms with Crippen molar-refractivity contribution in [3.05, 3.63) is 35.4 Å². The molecule has 0 amide bonds. The zero-order chi connectivity index (χ0) is 9.97. The van der Waals surface area contributed by atoms with Crippen molar-refractivity contribution in [2.75, 3.05) is 0 Å². The van der Waals surface area contributed by atoms with E-state index in [-0.39, 0.29) is 12.5 Å². The standard InChI is InChI=1S/C11H13NO2/c13-11(14)6-5-10-9-4-2-1-3-8(9)7-12-10/h1-4,10,12H,5-7H2,(H,13,14). The van der Waals surface area contributed by atoms with Crippen molar-refractivity contribution in [2.24, 2.45) is 0 Å². The normalized spacial score (nSPS) is 19.3. The van der Waals surface area contributed by atoms with Gasteiger partial charge in [-0.05, 0) is 17.5 Å². The number of carbonyl (C=O) groups is 1. The molecule has 1 aliphatic heterocycles. The molecule has 0 radical (unpaired) electrons. The van der Waals surface area contributed by atoms with Gasteiger partial charge < -0.3 is 10.4 Å². The highest BCUT2D eigenvalue weighted by Gasteiger charge is 2.21. The average Bonchev–Trinajstić information content (AvgIpc) is 2.58. The van der Waals surface area contributed by atoms with Gasteiger partial charge in [0.15, 0.2) is 0 Å².